The molecular weight excluding hydrogens is 667 g/mol. The van der Waals surface area contributed by atoms with Gasteiger partial charge in [0.05, 0.1) is 12.6 Å². The molecule has 0 N–H and O–H groups in total. The Labute approximate surface area is 324 Å². The number of nitrogens with zero attached hydrogens (tertiary/aromatic N) is 3. The largest absolute Gasteiger partial charge is 0.344 e. The first-order valence-corrected chi connectivity index (χ1v) is 19.3. The van der Waals surface area contributed by atoms with Gasteiger partial charge in [0.2, 0.25) is 0 Å². The van der Waals surface area contributed by atoms with Crippen molar-refractivity contribution >= 4 is 39.6 Å². The summed E-state index contributed by atoms with van der Waals surface area (Å²) in [6, 6.07) is 53.0. The van der Waals surface area contributed by atoms with E-state index in [0.29, 0.717) is 6.54 Å². The molecule has 10 rings (SSSR count). The first kappa shape index (κ1) is 32.9. The van der Waals surface area contributed by atoms with Gasteiger partial charge in [-0.1, -0.05) is 139 Å². The van der Waals surface area contributed by atoms with Gasteiger partial charge in [0, 0.05) is 59.1 Å². The van der Waals surface area contributed by atoms with Crippen molar-refractivity contribution in [3.05, 3.63) is 221 Å². The van der Waals surface area contributed by atoms with Gasteiger partial charge in [-0.2, -0.15) is 0 Å². The van der Waals surface area contributed by atoms with Crippen LogP contribution in [0.4, 0.5) is 22.7 Å². The number of benzene rings is 6. The Kier molecular flexibility index (Phi) is 8.50. The Bertz CT molecular complexity index is 2630. The fourth-order valence-corrected chi connectivity index (χ4v) is 8.64. The number of rotatable bonds is 8. The minimum absolute atomic E-state index is 0.154. The van der Waals surface area contributed by atoms with E-state index in [9.17, 15) is 0 Å². The van der Waals surface area contributed by atoms with Gasteiger partial charge in [0.25, 0.3) is 0 Å². The van der Waals surface area contributed by atoms with Crippen LogP contribution in [0.1, 0.15) is 40.6 Å². The summed E-state index contributed by atoms with van der Waals surface area (Å²) in [4.78, 5) is 7.34. The molecule has 2 aliphatic heterocycles. The lowest BCUT2D eigenvalue weighted by Crippen LogP contribution is -2.29. The van der Waals surface area contributed by atoms with Gasteiger partial charge in [-0.15, -0.1) is 0 Å². The summed E-state index contributed by atoms with van der Waals surface area (Å²) in [5, 5.41) is 2.51. The van der Waals surface area contributed by atoms with Crippen LogP contribution in [0.25, 0.3) is 16.8 Å². The number of fused-ring (bicyclic) bond motifs is 6. The van der Waals surface area contributed by atoms with E-state index in [2.05, 4.69) is 215 Å². The molecule has 0 spiro atoms. The van der Waals surface area contributed by atoms with Gasteiger partial charge in [0.15, 0.2) is 0 Å². The van der Waals surface area contributed by atoms with Gasteiger partial charge in [0.1, 0.15) is 0 Å². The highest BCUT2D eigenvalue weighted by atomic mass is 15.2. The van der Waals surface area contributed by atoms with Crippen LogP contribution in [0.2, 0.25) is 0 Å². The zero-order chi connectivity index (χ0) is 36.6. The Balaban J connectivity index is 1.02. The zero-order valence-corrected chi connectivity index (χ0v) is 30.7. The number of para-hydroxylation sites is 2. The molecule has 2 heterocycles. The second-order valence-electron chi connectivity index (χ2n) is 14.8. The van der Waals surface area contributed by atoms with Crippen molar-refractivity contribution in [1.29, 1.82) is 0 Å². The van der Waals surface area contributed by atoms with Gasteiger partial charge >= 0.3 is 0 Å². The molecule has 0 bridgehead atoms. The minimum Gasteiger partial charge on any atom is -0.344 e. The predicted molar refractivity (Wildman–Crippen MR) is 231 cm³/mol. The normalized spacial score (nSPS) is 17.9. The van der Waals surface area contributed by atoms with Crippen LogP contribution < -0.4 is 14.7 Å². The lowest BCUT2D eigenvalue weighted by Gasteiger charge is -2.35. The molecule has 55 heavy (non-hydrogen) atoms. The fraction of sp³-hybridized carbons (Fsp3) is 0.115. The lowest BCUT2D eigenvalue weighted by atomic mass is 9.82. The van der Waals surface area contributed by atoms with Crippen molar-refractivity contribution in [2.45, 2.75) is 24.8 Å². The average Bonchev–Trinajstić information content (AvgIpc) is 3.43. The molecule has 264 valence electrons. The number of hydrogen-bond acceptors (Lipinski definition) is 3. The predicted octanol–water partition coefficient (Wildman–Crippen LogP) is 12.1. The molecule has 6 aromatic carbocycles. The maximum Gasteiger partial charge on any atom is 0.0702 e. The van der Waals surface area contributed by atoms with Crippen LogP contribution in [0.15, 0.2) is 199 Å². The molecule has 3 heteroatoms. The summed E-state index contributed by atoms with van der Waals surface area (Å²) in [5.41, 5.74) is 13.8. The summed E-state index contributed by atoms with van der Waals surface area (Å²) < 4.78 is 0. The maximum absolute atomic E-state index is 3.56. The molecule has 4 aliphatic rings. The summed E-state index contributed by atoms with van der Waals surface area (Å²) in [6.45, 7) is 1.46. The van der Waals surface area contributed by atoms with E-state index in [0.717, 1.165) is 25.0 Å². The van der Waals surface area contributed by atoms with E-state index < -0.39 is 0 Å². The quantitative estimate of drug-likeness (QED) is 0.146. The number of hydrogen-bond donors (Lipinski definition) is 0. The topological polar surface area (TPSA) is 9.72 Å². The van der Waals surface area contributed by atoms with Crippen molar-refractivity contribution < 1.29 is 0 Å². The van der Waals surface area contributed by atoms with E-state index in [1.165, 1.54) is 67.0 Å². The molecule has 3 nitrogen and oxygen atoms in total. The van der Waals surface area contributed by atoms with Gasteiger partial charge < -0.3 is 14.7 Å². The summed E-state index contributed by atoms with van der Waals surface area (Å²) >= 11 is 0. The highest BCUT2D eigenvalue weighted by Gasteiger charge is 2.41. The van der Waals surface area contributed by atoms with Crippen LogP contribution >= 0.6 is 0 Å². The number of anilines is 4. The van der Waals surface area contributed by atoms with Crippen molar-refractivity contribution in [1.82, 2.24) is 0 Å². The molecule has 2 atom stereocenters. The fourth-order valence-electron chi connectivity index (χ4n) is 8.64. The molecule has 0 saturated carbocycles. The highest BCUT2D eigenvalue weighted by Crippen LogP contribution is 2.56. The third kappa shape index (κ3) is 6.37. The monoisotopic (exact) mass is 707 g/mol. The first-order chi connectivity index (χ1) is 27.2. The van der Waals surface area contributed by atoms with E-state index in [1.807, 2.05) is 0 Å². The summed E-state index contributed by atoms with van der Waals surface area (Å²) in [6.07, 6.45) is 17.8. The first-order valence-electron chi connectivity index (χ1n) is 19.3. The van der Waals surface area contributed by atoms with Gasteiger partial charge in [-0.05, 0) is 100 Å². The molecule has 0 aromatic heterocycles. The molecule has 2 unspecified atom stereocenters. The van der Waals surface area contributed by atoms with E-state index in [-0.39, 0.29) is 12.0 Å². The second kappa shape index (κ2) is 14.2. The Morgan fingerprint density at radius 1 is 0.673 bits per heavy atom. The van der Waals surface area contributed by atoms with E-state index >= 15 is 0 Å². The Morgan fingerprint density at radius 3 is 2.33 bits per heavy atom. The van der Waals surface area contributed by atoms with E-state index in [4.69, 9.17) is 0 Å². The third-order valence-corrected chi connectivity index (χ3v) is 11.4. The van der Waals surface area contributed by atoms with Gasteiger partial charge in [-0.3, -0.25) is 0 Å². The van der Waals surface area contributed by atoms with Crippen molar-refractivity contribution in [3.8, 4) is 11.8 Å². The lowest BCUT2D eigenvalue weighted by molar-refractivity contribution is 0.667. The van der Waals surface area contributed by atoms with Crippen LogP contribution in [-0.4, -0.2) is 13.1 Å². The summed E-state index contributed by atoms with van der Waals surface area (Å²) in [5.74, 6) is 7.34. The summed E-state index contributed by atoms with van der Waals surface area (Å²) in [7, 11) is 0. The molecule has 2 aliphatic carbocycles. The highest BCUT2D eigenvalue weighted by molar-refractivity contribution is 5.86. The molecule has 0 fully saturated rings. The molecule has 0 radical (unpaired) electrons. The average molecular weight is 708 g/mol. The molecule has 6 aromatic rings. The van der Waals surface area contributed by atoms with Crippen LogP contribution in [-0.2, 0) is 6.42 Å². The Hall–Kier alpha value is -6.76. The maximum atomic E-state index is 3.56. The standard InChI is InChI=1S/C52H41N3/c1-3-12-38(13-4-1)34-39-14-11-15-40(23-22-39)37-54(44-30-32-53(33-31-44)46-27-24-41-16-7-8-17-43(41)35-46)47-28-25-42-26-29-49-48-20-9-10-21-51(48)55(52(49)50(42)36-47)45-18-5-2-6-19-45/h1-10,12-13,16-32,35-36,49,52H,14,33-34,37H2. The van der Waals surface area contributed by atoms with Crippen LogP contribution in [0.5, 0.6) is 0 Å². The molecule has 0 amide bonds. The SMILES string of the molecule is C1#CC(CN(C2=CCN(c3ccc4ccccc4c3)C=C2)c2ccc3c(c2)C2C(C=C3)c3ccccc3N2c2ccccc2)=CC=C(Cc2ccccc2)C1. The van der Waals surface area contributed by atoms with Crippen LogP contribution in [0.3, 0.4) is 0 Å². The molecule has 0 saturated heterocycles. The van der Waals surface area contributed by atoms with Crippen molar-refractivity contribution in [2.24, 2.45) is 0 Å². The van der Waals surface area contributed by atoms with Gasteiger partial charge in [-0.25, -0.2) is 0 Å². The third-order valence-electron chi connectivity index (χ3n) is 11.4. The Morgan fingerprint density at radius 2 is 1.47 bits per heavy atom. The van der Waals surface area contributed by atoms with Crippen molar-refractivity contribution in [3.63, 3.8) is 0 Å². The second-order valence-corrected chi connectivity index (χ2v) is 14.8. The molecular formula is C52H41N3. The van der Waals surface area contributed by atoms with Crippen LogP contribution in [0, 0.1) is 11.8 Å². The zero-order valence-electron chi connectivity index (χ0n) is 30.7. The minimum atomic E-state index is 0.154. The number of allylic oxidation sites excluding steroid dienone is 4. The van der Waals surface area contributed by atoms with E-state index in [1.54, 1.807) is 0 Å². The smallest absolute Gasteiger partial charge is 0.0702 e. The van der Waals surface area contributed by atoms with Crippen molar-refractivity contribution in [2.75, 3.05) is 27.8 Å².